The van der Waals surface area contributed by atoms with Crippen LogP contribution in [0.3, 0.4) is 0 Å². The van der Waals surface area contributed by atoms with Gasteiger partial charge in [0.15, 0.2) is 0 Å². The van der Waals surface area contributed by atoms with Crippen LogP contribution in [-0.4, -0.2) is 46.0 Å². The van der Waals surface area contributed by atoms with Gasteiger partial charge in [-0.05, 0) is 56.2 Å². The zero-order chi connectivity index (χ0) is 22.7. The first kappa shape index (κ1) is 22.4. The van der Waals surface area contributed by atoms with Crippen molar-refractivity contribution in [2.24, 2.45) is 5.92 Å². The van der Waals surface area contributed by atoms with Gasteiger partial charge in [0, 0.05) is 37.5 Å². The number of carbonyl (C=O) groups is 2. The van der Waals surface area contributed by atoms with Gasteiger partial charge in [-0.25, -0.2) is 13.1 Å². The molecule has 0 bridgehead atoms. The molecule has 2 saturated heterocycles. The predicted molar refractivity (Wildman–Crippen MR) is 121 cm³/mol. The van der Waals surface area contributed by atoms with Crippen molar-refractivity contribution in [3.8, 4) is 0 Å². The van der Waals surface area contributed by atoms with Crippen LogP contribution in [-0.2, 0) is 24.3 Å². The highest BCUT2D eigenvalue weighted by Crippen LogP contribution is 2.26. The van der Waals surface area contributed by atoms with Crippen molar-refractivity contribution in [2.45, 2.75) is 37.2 Å². The number of aryl methyl sites for hydroxylation is 1. The Morgan fingerprint density at radius 2 is 1.84 bits per heavy atom. The summed E-state index contributed by atoms with van der Waals surface area (Å²) >= 11 is 0. The quantitative estimate of drug-likeness (QED) is 0.665. The van der Waals surface area contributed by atoms with E-state index in [1.807, 2.05) is 31.2 Å². The minimum atomic E-state index is -3.65. The average Bonchev–Trinajstić information content (AvgIpc) is 3.43. The first-order chi connectivity index (χ1) is 15.3. The third-order valence-electron chi connectivity index (χ3n) is 5.80. The molecule has 2 aliphatic rings. The Morgan fingerprint density at radius 3 is 2.50 bits per heavy atom. The van der Waals surface area contributed by atoms with E-state index in [4.69, 9.17) is 4.74 Å². The van der Waals surface area contributed by atoms with E-state index in [2.05, 4.69) is 10.0 Å². The van der Waals surface area contributed by atoms with Gasteiger partial charge in [0.2, 0.25) is 21.8 Å². The summed E-state index contributed by atoms with van der Waals surface area (Å²) in [7, 11) is -3.65. The maximum absolute atomic E-state index is 12.7. The highest BCUT2D eigenvalue weighted by molar-refractivity contribution is 7.89. The van der Waals surface area contributed by atoms with E-state index in [-0.39, 0.29) is 35.8 Å². The van der Waals surface area contributed by atoms with Gasteiger partial charge in [-0.15, -0.1) is 0 Å². The highest BCUT2D eigenvalue weighted by Gasteiger charge is 2.35. The number of hydrogen-bond donors (Lipinski definition) is 2. The van der Waals surface area contributed by atoms with E-state index in [1.54, 1.807) is 17.0 Å². The molecule has 0 unspecified atom stereocenters. The molecule has 8 nitrogen and oxygen atoms in total. The summed E-state index contributed by atoms with van der Waals surface area (Å²) in [6.45, 7) is 3.19. The van der Waals surface area contributed by atoms with Crippen LogP contribution < -0.4 is 14.9 Å². The second-order valence-corrected chi connectivity index (χ2v) is 10.0. The monoisotopic (exact) mass is 457 g/mol. The number of carbonyl (C=O) groups excluding carboxylic acids is 2. The minimum Gasteiger partial charge on any atom is -0.377 e. The van der Waals surface area contributed by atoms with Gasteiger partial charge in [0.1, 0.15) is 0 Å². The van der Waals surface area contributed by atoms with Crippen molar-refractivity contribution < 1.29 is 22.7 Å². The molecule has 2 fully saturated rings. The maximum atomic E-state index is 12.7. The topological polar surface area (TPSA) is 105 Å². The van der Waals surface area contributed by atoms with Gasteiger partial charge >= 0.3 is 0 Å². The van der Waals surface area contributed by atoms with Crippen LogP contribution in [0.15, 0.2) is 53.4 Å². The molecule has 2 aliphatic heterocycles. The zero-order valence-electron chi connectivity index (χ0n) is 17.9. The smallest absolute Gasteiger partial charge is 0.240 e. The summed E-state index contributed by atoms with van der Waals surface area (Å²) in [5.74, 6) is -0.826. The van der Waals surface area contributed by atoms with E-state index >= 15 is 0 Å². The van der Waals surface area contributed by atoms with Crippen molar-refractivity contribution in [1.82, 2.24) is 4.72 Å². The summed E-state index contributed by atoms with van der Waals surface area (Å²) in [6.07, 6.45) is 1.84. The summed E-state index contributed by atoms with van der Waals surface area (Å²) in [6, 6.07) is 13.6. The van der Waals surface area contributed by atoms with E-state index in [0.29, 0.717) is 18.8 Å². The van der Waals surface area contributed by atoms with Gasteiger partial charge in [-0.3, -0.25) is 9.59 Å². The Hall–Kier alpha value is -2.75. The largest absolute Gasteiger partial charge is 0.377 e. The van der Waals surface area contributed by atoms with E-state index < -0.39 is 15.9 Å². The fourth-order valence-corrected chi connectivity index (χ4v) is 4.98. The lowest BCUT2D eigenvalue weighted by atomic mass is 10.1. The maximum Gasteiger partial charge on any atom is 0.240 e. The normalized spacial score (nSPS) is 21.2. The number of amides is 2. The molecule has 2 atom stereocenters. The number of nitrogens with zero attached hydrogens (tertiary/aromatic N) is 1. The molecule has 2 aromatic rings. The molecule has 4 rings (SSSR count). The highest BCUT2D eigenvalue weighted by atomic mass is 32.2. The van der Waals surface area contributed by atoms with Crippen molar-refractivity contribution in [2.75, 3.05) is 29.9 Å². The molecule has 2 aromatic carbocycles. The molecule has 2 amide bonds. The molecular formula is C23H27N3O5S. The van der Waals surface area contributed by atoms with Crippen LogP contribution >= 0.6 is 0 Å². The van der Waals surface area contributed by atoms with Crippen molar-refractivity contribution in [3.05, 3.63) is 54.1 Å². The number of benzene rings is 2. The number of hydrogen-bond acceptors (Lipinski definition) is 5. The lowest BCUT2D eigenvalue weighted by Crippen LogP contribution is -2.31. The third-order valence-corrected chi connectivity index (χ3v) is 7.24. The zero-order valence-corrected chi connectivity index (χ0v) is 18.7. The van der Waals surface area contributed by atoms with Crippen molar-refractivity contribution in [1.29, 1.82) is 0 Å². The van der Waals surface area contributed by atoms with Gasteiger partial charge < -0.3 is 15.0 Å². The average molecular weight is 458 g/mol. The van der Waals surface area contributed by atoms with Gasteiger partial charge in [-0.2, -0.15) is 0 Å². The van der Waals surface area contributed by atoms with Crippen LogP contribution in [0.5, 0.6) is 0 Å². The molecule has 2 heterocycles. The lowest BCUT2D eigenvalue weighted by Gasteiger charge is -2.17. The number of anilines is 2. The Bertz CT molecular complexity index is 1080. The van der Waals surface area contributed by atoms with Gasteiger partial charge in [0.05, 0.1) is 16.9 Å². The third kappa shape index (κ3) is 5.17. The number of sulfonamides is 1. The van der Waals surface area contributed by atoms with Crippen LogP contribution in [0.1, 0.15) is 24.8 Å². The van der Waals surface area contributed by atoms with Crippen LogP contribution in [0.25, 0.3) is 0 Å². The second kappa shape index (κ2) is 9.40. The number of ether oxygens (including phenoxy) is 1. The fraction of sp³-hybridized carbons (Fsp3) is 0.391. The van der Waals surface area contributed by atoms with E-state index in [0.717, 1.165) is 24.1 Å². The standard InChI is InChI=1S/C23H27N3O5S/c1-16-4-8-19(9-5-16)26-15-17(13-22(26)27)23(28)25-18-6-10-21(11-7-18)32(29,30)24-14-20-3-2-12-31-20/h4-11,17,20,24H,2-3,12-15H2,1H3,(H,25,28)/t17-,20+/m1/s1. The molecule has 9 heteroatoms. The molecule has 0 aliphatic carbocycles. The summed E-state index contributed by atoms with van der Waals surface area (Å²) < 4.78 is 32.9. The van der Waals surface area contributed by atoms with Crippen molar-refractivity contribution >= 4 is 33.2 Å². The summed E-state index contributed by atoms with van der Waals surface area (Å²) in [5.41, 5.74) is 2.36. The van der Waals surface area contributed by atoms with Gasteiger partial charge in [0.25, 0.3) is 0 Å². The Kier molecular flexibility index (Phi) is 6.59. The van der Waals surface area contributed by atoms with Crippen LogP contribution in [0.2, 0.25) is 0 Å². The van der Waals surface area contributed by atoms with E-state index in [9.17, 15) is 18.0 Å². The summed E-state index contributed by atoms with van der Waals surface area (Å²) in [5, 5.41) is 2.79. The van der Waals surface area contributed by atoms with Crippen LogP contribution in [0.4, 0.5) is 11.4 Å². The molecule has 32 heavy (non-hydrogen) atoms. The van der Waals surface area contributed by atoms with Crippen LogP contribution in [0, 0.1) is 12.8 Å². The molecule has 0 aromatic heterocycles. The molecule has 2 N–H and O–H groups in total. The Balaban J connectivity index is 1.34. The first-order valence-corrected chi connectivity index (χ1v) is 12.2. The predicted octanol–water partition coefficient (Wildman–Crippen LogP) is 2.44. The first-order valence-electron chi connectivity index (χ1n) is 10.7. The summed E-state index contributed by atoms with van der Waals surface area (Å²) in [4.78, 5) is 26.8. The number of nitrogens with one attached hydrogen (secondary N) is 2. The van der Waals surface area contributed by atoms with E-state index in [1.165, 1.54) is 12.1 Å². The molecule has 0 radical (unpaired) electrons. The fourth-order valence-electron chi connectivity index (χ4n) is 3.91. The lowest BCUT2D eigenvalue weighted by molar-refractivity contribution is -0.122. The number of rotatable bonds is 7. The Labute approximate surface area is 188 Å². The Morgan fingerprint density at radius 1 is 1.12 bits per heavy atom. The SMILES string of the molecule is Cc1ccc(N2C[C@H](C(=O)Nc3ccc(S(=O)(=O)NC[C@@H]4CCCO4)cc3)CC2=O)cc1. The molecule has 170 valence electrons. The van der Waals surface area contributed by atoms with Crippen molar-refractivity contribution in [3.63, 3.8) is 0 Å². The van der Waals surface area contributed by atoms with Gasteiger partial charge in [-0.1, -0.05) is 17.7 Å². The second-order valence-electron chi connectivity index (χ2n) is 8.24. The molecule has 0 saturated carbocycles. The molecular weight excluding hydrogens is 430 g/mol. The molecule has 0 spiro atoms. The minimum absolute atomic E-state index is 0.0862.